The highest BCUT2D eigenvalue weighted by atomic mass is 32.2. The fourth-order valence-electron chi connectivity index (χ4n) is 2.74. The Kier molecular flexibility index (Phi) is 7.65. The largest absolute Gasteiger partial charge is 0.611 e. The second kappa shape index (κ2) is 9.45. The topological polar surface area (TPSA) is 145 Å². The molecule has 0 spiro atoms. The van der Waals surface area contributed by atoms with E-state index in [4.69, 9.17) is 9.47 Å². The summed E-state index contributed by atoms with van der Waals surface area (Å²) in [5.41, 5.74) is -0.488. The first-order valence-corrected chi connectivity index (χ1v) is 10.5. The van der Waals surface area contributed by atoms with Crippen LogP contribution in [-0.2, 0) is 39.8 Å². The molecule has 2 aliphatic rings. The highest BCUT2D eigenvalue weighted by Gasteiger charge is 2.55. The van der Waals surface area contributed by atoms with E-state index in [1.165, 1.54) is 7.11 Å². The number of aliphatic carboxylic acids is 1. The summed E-state index contributed by atoms with van der Waals surface area (Å²) in [5, 5.41) is 6.55. The summed E-state index contributed by atoms with van der Waals surface area (Å²) >= 11 is -2.12. The third kappa shape index (κ3) is 4.84. The molecule has 2 unspecified atom stereocenters. The number of ether oxygens (including phenoxy) is 2. The Morgan fingerprint density at radius 2 is 2.10 bits per heavy atom. The molecule has 1 fully saturated rings. The summed E-state index contributed by atoms with van der Waals surface area (Å²) in [7, 11) is 1.17. The van der Waals surface area contributed by atoms with Gasteiger partial charge in [0.1, 0.15) is 17.1 Å². The standard InChI is InChI=1S/C15H17F3N2O8S2/c1-6(21)28-14(27-2)7-3-29-12-9(11(23)20(12)10(7)13(24)25)19-8(22)4-30(26)15(17,18)5-16/h9,12,14H,3-5H2,1-2H3,(H,19,22)(H,24,25)/t9-,12-,14?,30?/m1/s1. The number of methoxy groups -OCH3 is 1. The Hall–Kier alpha value is -1.97. The molecular weight excluding hydrogens is 457 g/mol. The number of carbonyl (C=O) groups is 4. The van der Waals surface area contributed by atoms with Crippen LogP contribution in [0.5, 0.6) is 0 Å². The number of β-lactam (4-membered cyclic amide) rings is 1. The number of carboxylic acids is 1. The van der Waals surface area contributed by atoms with Crippen LogP contribution in [0.2, 0.25) is 0 Å². The first kappa shape index (κ1) is 24.3. The molecule has 0 aliphatic carbocycles. The summed E-state index contributed by atoms with van der Waals surface area (Å²) in [6, 6.07) is -1.26. The van der Waals surface area contributed by atoms with E-state index in [9.17, 15) is 42.0 Å². The second-order valence-corrected chi connectivity index (χ2v) is 8.75. The Labute approximate surface area is 175 Å². The molecule has 4 atom stereocenters. The van der Waals surface area contributed by atoms with Crippen LogP contribution < -0.4 is 5.32 Å². The van der Waals surface area contributed by atoms with Gasteiger partial charge < -0.3 is 24.4 Å². The second-order valence-electron chi connectivity index (χ2n) is 6.07. The molecule has 0 radical (unpaired) electrons. The van der Waals surface area contributed by atoms with Gasteiger partial charge in [-0.3, -0.25) is 19.3 Å². The van der Waals surface area contributed by atoms with Gasteiger partial charge in [0.25, 0.3) is 11.8 Å². The van der Waals surface area contributed by atoms with Crippen molar-refractivity contribution >= 4 is 46.7 Å². The Bertz CT molecular complexity index is 781. The maximum absolute atomic E-state index is 13.0. The smallest absolute Gasteiger partial charge is 0.435 e. The number of carbonyl (C=O) groups excluding carboxylic acids is 3. The van der Waals surface area contributed by atoms with Crippen LogP contribution in [0.25, 0.3) is 0 Å². The molecule has 2 rings (SSSR count). The number of hydrogen-bond acceptors (Lipinski definition) is 8. The predicted molar refractivity (Wildman–Crippen MR) is 96.2 cm³/mol. The van der Waals surface area contributed by atoms with Gasteiger partial charge in [0.15, 0.2) is 5.75 Å². The first-order valence-electron chi connectivity index (χ1n) is 8.17. The third-order valence-corrected chi connectivity index (χ3v) is 6.64. The average molecular weight is 474 g/mol. The van der Waals surface area contributed by atoms with E-state index < -0.39 is 76.0 Å². The van der Waals surface area contributed by atoms with Gasteiger partial charge in [0, 0.05) is 36.5 Å². The maximum Gasteiger partial charge on any atom is 0.435 e. The van der Waals surface area contributed by atoms with Gasteiger partial charge in [-0.15, -0.1) is 11.8 Å². The fourth-order valence-corrected chi connectivity index (χ4v) is 4.75. The minimum atomic E-state index is -4.20. The fraction of sp³-hybridized carbons (Fsp3) is 0.600. The summed E-state index contributed by atoms with van der Waals surface area (Å²) in [4.78, 5) is 48.0. The molecule has 2 aliphatic heterocycles. The first-order chi connectivity index (χ1) is 13.9. The zero-order valence-corrected chi connectivity index (χ0v) is 17.2. The number of carboxylic acid groups (broad SMARTS) is 1. The predicted octanol–water partition coefficient (Wildman–Crippen LogP) is -0.428. The minimum absolute atomic E-state index is 0.00303. The molecule has 1 saturated heterocycles. The van der Waals surface area contributed by atoms with Gasteiger partial charge in [0.2, 0.25) is 13.0 Å². The molecule has 0 aromatic heterocycles. The van der Waals surface area contributed by atoms with Gasteiger partial charge in [-0.1, -0.05) is 0 Å². The number of nitrogens with zero attached hydrogens (tertiary/aromatic N) is 1. The molecule has 15 heteroatoms. The van der Waals surface area contributed by atoms with Crippen LogP contribution in [0.15, 0.2) is 11.3 Å². The molecule has 168 valence electrons. The molecule has 0 aromatic carbocycles. The van der Waals surface area contributed by atoms with Crippen molar-refractivity contribution in [2.45, 2.75) is 29.9 Å². The van der Waals surface area contributed by atoms with Crippen LogP contribution in [0.4, 0.5) is 13.2 Å². The molecular formula is C15H17F3N2O8S2. The van der Waals surface area contributed by atoms with Gasteiger partial charge in [0.05, 0.1) is 0 Å². The van der Waals surface area contributed by atoms with Gasteiger partial charge in [-0.05, 0) is 0 Å². The monoisotopic (exact) mass is 474 g/mol. The molecule has 0 aromatic rings. The summed E-state index contributed by atoms with van der Waals surface area (Å²) in [5.74, 6) is -5.57. The summed E-state index contributed by atoms with van der Waals surface area (Å²) < 4.78 is 59.5. The van der Waals surface area contributed by atoms with Crippen molar-refractivity contribution in [2.24, 2.45) is 0 Å². The van der Waals surface area contributed by atoms with Gasteiger partial charge in [-0.2, -0.15) is 8.78 Å². The summed E-state index contributed by atoms with van der Waals surface area (Å²) in [6.45, 7) is -1.12. The number of rotatable bonds is 9. The van der Waals surface area contributed by atoms with E-state index in [-0.39, 0.29) is 11.3 Å². The maximum atomic E-state index is 13.0. The van der Waals surface area contributed by atoms with E-state index in [0.717, 1.165) is 23.6 Å². The molecule has 30 heavy (non-hydrogen) atoms. The number of esters is 1. The van der Waals surface area contributed by atoms with Crippen LogP contribution in [0.3, 0.4) is 0 Å². The zero-order valence-electron chi connectivity index (χ0n) is 15.6. The van der Waals surface area contributed by atoms with Gasteiger partial charge >= 0.3 is 17.2 Å². The van der Waals surface area contributed by atoms with E-state index in [0.29, 0.717) is 0 Å². The minimum Gasteiger partial charge on any atom is -0.611 e. The number of fused-ring (bicyclic) bond motifs is 1. The van der Waals surface area contributed by atoms with E-state index in [2.05, 4.69) is 5.32 Å². The normalized spacial score (nSPS) is 23.3. The lowest BCUT2D eigenvalue weighted by Gasteiger charge is -2.49. The Morgan fingerprint density at radius 3 is 2.60 bits per heavy atom. The lowest BCUT2D eigenvalue weighted by Crippen LogP contribution is -2.71. The van der Waals surface area contributed by atoms with Crippen molar-refractivity contribution in [1.29, 1.82) is 0 Å². The van der Waals surface area contributed by atoms with Crippen LogP contribution in [0.1, 0.15) is 6.92 Å². The van der Waals surface area contributed by atoms with Crippen LogP contribution in [0, 0.1) is 0 Å². The van der Waals surface area contributed by atoms with Crippen molar-refractivity contribution in [1.82, 2.24) is 10.2 Å². The van der Waals surface area contributed by atoms with Crippen molar-refractivity contribution in [3.63, 3.8) is 0 Å². The molecule has 2 N–H and O–H groups in total. The quantitative estimate of drug-likeness (QED) is 0.197. The number of thioether (sulfide) groups is 1. The van der Waals surface area contributed by atoms with Crippen LogP contribution in [-0.4, -0.2) is 86.6 Å². The van der Waals surface area contributed by atoms with Crippen molar-refractivity contribution < 1.29 is 51.5 Å². The molecule has 2 amide bonds. The van der Waals surface area contributed by atoms with Gasteiger partial charge in [-0.25, -0.2) is 9.18 Å². The highest BCUT2D eigenvalue weighted by molar-refractivity contribution is 8.00. The number of nitrogens with one attached hydrogen (secondary N) is 1. The van der Waals surface area contributed by atoms with E-state index >= 15 is 0 Å². The SMILES string of the molecule is COC(OC(C)=O)C1=C(C(=O)O)N2C(=O)[C@@H](NC(=O)C[S+]([O-])C(F)(F)CF)[C@H]2SC1. The number of amides is 2. The zero-order chi connectivity index (χ0) is 22.8. The van der Waals surface area contributed by atoms with E-state index in [1.807, 2.05) is 0 Å². The van der Waals surface area contributed by atoms with Crippen molar-refractivity contribution in [3.8, 4) is 0 Å². The summed E-state index contributed by atoms with van der Waals surface area (Å²) in [6.07, 6.45) is -1.35. The van der Waals surface area contributed by atoms with Crippen molar-refractivity contribution in [3.05, 3.63) is 11.3 Å². The number of hydrogen-bond donors (Lipinski definition) is 2. The Balaban J connectivity index is 2.15. The number of alkyl halides is 3. The highest BCUT2D eigenvalue weighted by Crippen LogP contribution is 2.41. The van der Waals surface area contributed by atoms with Crippen molar-refractivity contribution in [2.75, 3.05) is 25.3 Å². The third-order valence-electron chi connectivity index (χ3n) is 4.04. The van der Waals surface area contributed by atoms with E-state index in [1.54, 1.807) is 0 Å². The lowest BCUT2D eigenvalue weighted by atomic mass is 10.0. The lowest BCUT2D eigenvalue weighted by molar-refractivity contribution is -0.165. The van der Waals surface area contributed by atoms with Crippen LogP contribution >= 0.6 is 11.8 Å². The average Bonchev–Trinajstić information content (AvgIpc) is 2.68. The molecule has 0 bridgehead atoms. The Morgan fingerprint density at radius 1 is 1.47 bits per heavy atom. The molecule has 0 saturated carbocycles. The molecule has 2 heterocycles. The number of halogens is 3. The molecule has 10 nitrogen and oxygen atoms in total.